The van der Waals surface area contributed by atoms with E-state index in [4.69, 9.17) is 4.74 Å². The SMILES string of the molecule is CCc1cc(C(c2ccccc2)C(O)OC)ccc1N1CCNCC1. The van der Waals surface area contributed by atoms with E-state index in [2.05, 4.69) is 35.3 Å². The molecule has 4 heteroatoms. The van der Waals surface area contributed by atoms with E-state index in [0.29, 0.717) is 0 Å². The Labute approximate surface area is 150 Å². The minimum Gasteiger partial charge on any atom is -0.369 e. The molecular formula is C21H28N2O2. The Hall–Kier alpha value is -1.88. The minimum absolute atomic E-state index is 0.187. The van der Waals surface area contributed by atoms with Crippen molar-refractivity contribution in [3.63, 3.8) is 0 Å². The third-order valence-electron chi connectivity index (χ3n) is 4.99. The number of aryl methyl sites for hydroxylation is 1. The van der Waals surface area contributed by atoms with Crippen LogP contribution in [0.1, 0.15) is 29.5 Å². The molecule has 0 radical (unpaired) electrons. The van der Waals surface area contributed by atoms with Gasteiger partial charge < -0.3 is 20.1 Å². The molecule has 4 nitrogen and oxygen atoms in total. The quantitative estimate of drug-likeness (QED) is 0.794. The number of rotatable bonds is 6. The van der Waals surface area contributed by atoms with Crippen molar-refractivity contribution < 1.29 is 9.84 Å². The monoisotopic (exact) mass is 340 g/mol. The van der Waals surface area contributed by atoms with Crippen molar-refractivity contribution >= 4 is 5.69 Å². The van der Waals surface area contributed by atoms with Crippen LogP contribution >= 0.6 is 0 Å². The maximum Gasteiger partial charge on any atom is 0.165 e. The van der Waals surface area contributed by atoms with Crippen LogP contribution < -0.4 is 10.2 Å². The van der Waals surface area contributed by atoms with E-state index in [1.54, 1.807) is 7.11 Å². The van der Waals surface area contributed by atoms with Gasteiger partial charge in [0.2, 0.25) is 0 Å². The third-order valence-corrected chi connectivity index (χ3v) is 4.99. The number of methoxy groups -OCH3 is 1. The first-order chi connectivity index (χ1) is 12.2. The zero-order chi connectivity index (χ0) is 17.6. The fourth-order valence-electron chi connectivity index (χ4n) is 3.61. The van der Waals surface area contributed by atoms with Crippen molar-refractivity contribution in [3.05, 3.63) is 65.2 Å². The van der Waals surface area contributed by atoms with Gasteiger partial charge >= 0.3 is 0 Å². The number of hydrogen-bond acceptors (Lipinski definition) is 4. The second kappa shape index (κ2) is 8.48. The second-order valence-electron chi connectivity index (χ2n) is 6.49. The summed E-state index contributed by atoms with van der Waals surface area (Å²) >= 11 is 0. The van der Waals surface area contributed by atoms with Crippen LogP contribution in [0.5, 0.6) is 0 Å². The topological polar surface area (TPSA) is 44.7 Å². The highest BCUT2D eigenvalue weighted by Crippen LogP contribution is 2.32. The second-order valence-corrected chi connectivity index (χ2v) is 6.49. The Morgan fingerprint density at radius 2 is 1.80 bits per heavy atom. The lowest BCUT2D eigenvalue weighted by molar-refractivity contribution is -0.0835. The number of nitrogens with one attached hydrogen (secondary N) is 1. The number of piperazine rings is 1. The maximum absolute atomic E-state index is 10.5. The molecule has 0 saturated carbocycles. The third kappa shape index (κ3) is 4.03. The molecule has 2 unspecified atom stereocenters. The van der Waals surface area contributed by atoms with Gasteiger partial charge in [0.25, 0.3) is 0 Å². The number of hydrogen-bond donors (Lipinski definition) is 2. The van der Waals surface area contributed by atoms with Crippen LogP contribution in [0.25, 0.3) is 0 Å². The summed E-state index contributed by atoms with van der Waals surface area (Å²) in [6, 6.07) is 16.7. The molecule has 2 N–H and O–H groups in total. The molecule has 1 aliphatic heterocycles. The molecule has 0 spiro atoms. The van der Waals surface area contributed by atoms with Crippen molar-refractivity contribution in [2.45, 2.75) is 25.6 Å². The number of anilines is 1. The van der Waals surface area contributed by atoms with Gasteiger partial charge in [-0.1, -0.05) is 49.4 Å². The minimum atomic E-state index is -0.864. The molecule has 1 saturated heterocycles. The van der Waals surface area contributed by atoms with Crippen molar-refractivity contribution in [3.8, 4) is 0 Å². The largest absolute Gasteiger partial charge is 0.369 e. The molecule has 1 heterocycles. The molecule has 0 aromatic heterocycles. The number of aliphatic hydroxyl groups excluding tert-OH is 1. The molecule has 0 aliphatic carbocycles. The van der Waals surface area contributed by atoms with Gasteiger partial charge in [0.15, 0.2) is 6.29 Å². The average molecular weight is 340 g/mol. The predicted octanol–water partition coefficient (Wildman–Crippen LogP) is 2.76. The van der Waals surface area contributed by atoms with Gasteiger partial charge in [-0.25, -0.2) is 0 Å². The van der Waals surface area contributed by atoms with Crippen LogP contribution in [-0.2, 0) is 11.2 Å². The van der Waals surface area contributed by atoms with Crippen LogP contribution in [0.15, 0.2) is 48.5 Å². The number of nitrogens with zero attached hydrogens (tertiary/aromatic N) is 1. The molecule has 2 aromatic carbocycles. The molecule has 1 fully saturated rings. The highest BCUT2D eigenvalue weighted by atomic mass is 16.6. The van der Waals surface area contributed by atoms with Gasteiger partial charge in [-0.2, -0.15) is 0 Å². The first kappa shape index (κ1) is 17.9. The van der Waals surface area contributed by atoms with Crippen molar-refractivity contribution in [1.82, 2.24) is 5.32 Å². The Kier molecular flexibility index (Phi) is 6.08. The van der Waals surface area contributed by atoms with Crippen molar-refractivity contribution in [2.24, 2.45) is 0 Å². The fourth-order valence-corrected chi connectivity index (χ4v) is 3.61. The van der Waals surface area contributed by atoms with Gasteiger partial charge in [0.1, 0.15) is 0 Å². The summed E-state index contributed by atoms with van der Waals surface area (Å²) in [6.45, 7) is 6.32. The zero-order valence-electron chi connectivity index (χ0n) is 15.1. The molecule has 134 valence electrons. The summed E-state index contributed by atoms with van der Waals surface area (Å²) in [6.07, 6.45) is 0.106. The van der Waals surface area contributed by atoms with Crippen molar-refractivity contribution in [2.75, 3.05) is 38.2 Å². The predicted molar refractivity (Wildman–Crippen MR) is 102 cm³/mol. The molecule has 2 aromatic rings. The average Bonchev–Trinajstić information content (AvgIpc) is 2.69. The number of benzene rings is 2. The van der Waals surface area contributed by atoms with Crippen LogP contribution in [-0.4, -0.2) is 44.7 Å². The van der Waals surface area contributed by atoms with E-state index in [0.717, 1.165) is 43.7 Å². The van der Waals surface area contributed by atoms with Gasteiger partial charge in [0.05, 0.1) is 5.92 Å². The molecule has 3 rings (SSSR count). The highest BCUT2D eigenvalue weighted by molar-refractivity contribution is 5.56. The van der Waals surface area contributed by atoms with E-state index < -0.39 is 6.29 Å². The van der Waals surface area contributed by atoms with Gasteiger partial charge in [-0.05, 0) is 29.2 Å². The highest BCUT2D eigenvalue weighted by Gasteiger charge is 2.24. The van der Waals surface area contributed by atoms with E-state index in [-0.39, 0.29) is 5.92 Å². The maximum atomic E-state index is 10.5. The summed E-state index contributed by atoms with van der Waals surface area (Å²) in [4.78, 5) is 2.45. The smallest absolute Gasteiger partial charge is 0.165 e. The molecule has 2 atom stereocenters. The lowest BCUT2D eigenvalue weighted by Crippen LogP contribution is -2.43. The standard InChI is InChI=1S/C21H28N2O2/c1-3-16-15-18(9-10-19(16)23-13-11-22-12-14-23)20(21(24)25-2)17-7-5-4-6-8-17/h4-10,15,20-22,24H,3,11-14H2,1-2H3. The van der Waals surface area contributed by atoms with Gasteiger partial charge in [-0.3, -0.25) is 0 Å². The molecule has 25 heavy (non-hydrogen) atoms. The first-order valence-electron chi connectivity index (χ1n) is 9.09. The van der Waals surface area contributed by atoms with Crippen LogP contribution in [0.4, 0.5) is 5.69 Å². The summed E-state index contributed by atoms with van der Waals surface area (Å²) in [5.74, 6) is -0.187. The van der Waals surface area contributed by atoms with E-state index in [9.17, 15) is 5.11 Å². The Morgan fingerprint density at radius 3 is 2.44 bits per heavy atom. The molecular weight excluding hydrogens is 312 g/mol. The fraction of sp³-hybridized carbons (Fsp3) is 0.429. The van der Waals surface area contributed by atoms with E-state index >= 15 is 0 Å². The molecule has 0 amide bonds. The summed E-state index contributed by atoms with van der Waals surface area (Å²) in [7, 11) is 1.55. The Morgan fingerprint density at radius 1 is 1.08 bits per heavy atom. The lowest BCUT2D eigenvalue weighted by atomic mass is 9.88. The zero-order valence-corrected chi connectivity index (χ0v) is 15.1. The van der Waals surface area contributed by atoms with Gasteiger partial charge in [0, 0.05) is 39.0 Å². The summed E-state index contributed by atoms with van der Waals surface area (Å²) < 4.78 is 5.28. The Bertz CT molecular complexity index is 669. The van der Waals surface area contributed by atoms with Crippen LogP contribution in [0.2, 0.25) is 0 Å². The van der Waals surface area contributed by atoms with Crippen molar-refractivity contribution in [1.29, 1.82) is 0 Å². The molecule has 1 aliphatic rings. The first-order valence-corrected chi connectivity index (χ1v) is 9.09. The van der Waals surface area contributed by atoms with Crippen LogP contribution in [0, 0.1) is 0 Å². The van der Waals surface area contributed by atoms with Crippen LogP contribution in [0.3, 0.4) is 0 Å². The number of aliphatic hydroxyl groups is 1. The summed E-state index contributed by atoms with van der Waals surface area (Å²) in [5.41, 5.74) is 4.79. The lowest BCUT2D eigenvalue weighted by Gasteiger charge is -2.32. The summed E-state index contributed by atoms with van der Waals surface area (Å²) in [5, 5.41) is 13.9. The molecule has 0 bridgehead atoms. The van der Waals surface area contributed by atoms with E-state index in [1.165, 1.54) is 11.3 Å². The Balaban J connectivity index is 1.96. The van der Waals surface area contributed by atoms with E-state index in [1.807, 2.05) is 30.3 Å². The van der Waals surface area contributed by atoms with Gasteiger partial charge in [-0.15, -0.1) is 0 Å². The number of ether oxygens (including phenoxy) is 1. The normalized spacial score (nSPS) is 17.3.